The topological polar surface area (TPSA) is 70.9 Å². The molecule has 2 rings (SSSR count). The van der Waals surface area contributed by atoms with Crippen molar-refractivity contribution in [2.45, 2.75) is 26.7 Å². The number of ether oxygens (including phenoxy) is 1. The monoisotopic (exact) mass is 328 g/mol. The number of hydrogen-bond acceptors (Lipinski definition) is 4. The minimum absolute atomic E-state index is 0.00868. The summed E-state index contributed by atoms with van der Waals surface area (Å²) >= 11 is 6.07. The van der Waals surface area contributed by atoms with Crippen LogP contribution in [0, 0.1) is 18.7 Å². The van der Waals surface area contributed by atoms with E-state index in [1.165, 1.54) is 0 Å². The summed E-state index contributed by atoms with van der Waals surface area (Å²) in [6.07, 6.45) is 0.693. The average Bonchev–Trinajstić information content (AvgIpc) is 2.47. The van der Waals surface area contributed by atoms with E-state index >= 15 is 0 Å². The van der Waals surface area contributed by atoms with Crippen molar-refractivity contribution in [1.29, 1.82) is 0 Å². The van der Waals surface area contributed by atoms with Gasteiger partial charge in [0.15, 0.2) is 5.82 Å². The normalized spacial score (nSPS) is 18.0. The van der Waals surface area contributed by atoms with Gasteiger partial charge in [0.1, 0.15) is 10.8 Å². The second-order valence-electron chi connectivity index (χ2n) is 5.26. The van der Waals surface area contributed by atoms with Crippen molar-refractivity contribution >= 4 is 23.2 Å². The molecule has 5 nitrogen and oxygen atoms in total. The summed E-state index contributed by atoms with van der Waals surface area (Å²) < 4.78 is 20.0. The lowest BCUT2D eigenvalue weighted by atomic mass is 9.92. The van der Waals surface area contributed by atoms with Crippen molar-refractivity contribution in [3.63, 3.8) is 0 Å². The molecule has 0 spiro atoms. The zero-order chi connectivity index (χ0) is 16.3. The van der Waals surface area contributed by atoms with Gasteiger partial charge in [-0.15, -0.1) is 0 Å². The van der Waals surface area contributed by atoms with E-state index in [4.69, 9.17) is 21.4 Å². The van der Waals surface area contributed by atoms with E-state index in [1.54, 1.807) is 13.0 Å². The van der Waals surface area contributed by atoms with Gasteiger partial charge in [0.2, 0.25) is 5.91 Å². The summed E-state index contributed by atoms with van der Waals surface area (Å²) in [5.41, 5.74) is 3.77. The predicted octanol–water partition coefficient (Wildman–Crippen LogP) is 2.41. The molecule has 0 saturated carbocycles. The molecule has 0 aliphatic carbocycles. The van der Waals surface area contributed by atoms with Crippen molar-refractivity contribution in [3.8, 4) is 5.75 Å². The average molecular weight is 329 g/mol. The van der Waals surface area contributed by atoms with Crippen LogP contribution in [0.1, 0.15) is 30.9 Å². The van der Waals surface area contributed by atoms with Crippen LogP contribution in [0.25, 0.3) is 0 Å². The lowest BCUT2D eigenvalue weighted by Crippen LogP contribution is -2.32. The molecule has 1 heterocycles. The van der Waals surface area contributed by atoms with E-state index in [-0.39, 0.29) is 47.8 Å². The Hall–Kier alpha value is -1.66. The van der Waals surface area contributed by atoms with Crippen LogP contribution in [0.15, 0.2) is 11.2 Å². The van der Waals surface area contributed by atoms with Gasteiger partial charge in [-0.25, -0.2) is 9.82 Å². The highest BCUT2D eigenvalue weighted by molar-refractivity contribution is 6.33. The summed E-state index contributed by atoms with van der Waals surface area (Å²) in [4.78, 5) is 11.3. The van der Waals surface area contributed by atoms with Gasteiger partial charge in [0.25, 0.3) is 0 Å². The van der Waals surface area contributed by atoms with Crippen molar-refractivity contribution < 1.29 is 19.0 Å². The molecule has 1 unspecified atom stereocenters. The maximum atomic E-state index is 14.6. The zero-order valence-electron chi connectivity index (χ0n) is 12.4. The number of halogens is 2. The summed E-state index contributed by atoms with van der Waals surface area (Å²) in [5.74, 6) is -0.735. The molecule has 1 amide bonds. The molecule has 0 bridgehead atoms. The Bertz CT molecular complexity index is 619. The number of hydrazone groups is 1. The second kappa shape index (κ2) is 7.07. The van der Waals surface area contributed by atoms with Gasteiger partial charge in [-0.2, -0.15) is 5.10 Å². The number of amides is 1. The van der Waals surface area contributed by atoms with E-state index in [9.17, 15) is 9.18 Å². The molecule has 120 valence electrons. The van der Waals surface area contributed by atoms with E-state index < -0.39 is 5.82 Å². The Morgan fingerprint density at radius 2 is 2.32 bits per heavy atom. The summed E-state index contributed by atoms with van der Waals surface area (Å²) in [6, 6.07) is 1.61. The van der Waals surface area contributed by atoms with E-state index in [0.29, 0.717) is 17.7 Å². The van der Waals surface area contributed by atoms with E-state index in [0.717, 1.165) is 0 Å². The summed E-state index contributed by atoms with van der Waals surface area (Å²) in [6.45, 7) is 3.82. The minimum Gasteiger partial charge on any atom is -0.492 e. The van der Waals surface area contributed by atoms with Crippen molar-refractivity contribution in [3.05, 3.63) is 28.0 Å². The lowest BCUT2D eigenvalue weighted by molar-refractivity contribution is -0.121. The highest BCUT2D eigenvalue weighted by Crippen LogP contribution is 2.35. The van der Waals surface area contributed by atoms with Crippen molar-refractivity contribution in [2.75, 3.05) is 13.2 Å². The fourth-order valence-corrected chi connectivity index (χ4v) is 2.62. The Kier molecular flexibility index (Phi) is 5.37. The first-order valence-electron chi connectivity index (χ1n) is 7.04. The molecule has 7 heteroatoms. The Labute approximate surface area is 133 Å². The highest BCUT2D eigenvalue weighted by atomic mass is 35.5. The third-order valence-electron chi connectivity index (χ3n) is 3.43. The third kappa shape index (κ3) is 3.39. The van der Waals surface area contributed by atoms with Gasteiger partial charge in [-0.05, 0) is 18.6 Å². The lowest BCUT2D eigenvalue weighted by Gasteiger charge is -2.21. The molecule has 0 aromatic heterocycles. The van der Waals surface area contributed by atoms with Crippen LogP contribution in [0.5, 0.6) is 5.75 Å². The van der Waals surface area contributed by atoms with Gasteiger partial charge in [-0.3, -0.25) is 4.79 Å². The minimum atomic E-state index is -0.618. The van der Waals surface area contributed by atoms with Crippen LogP contribution in [-0.2, 0) is 4.79 Å². The van der Waals surface area contributed by atoms with Gasteiger partial charge in [0, 0.05) is 30.9 Å². The summed E-state index contributed by atoms with van der Waals surface area (Å²) in [5, 5.41) is 12.6. The number of aryl methyl sites for hydroxylation is 1. The number of nitrogens with zero attached hydrogens (tertiary/aromatic N) is 1. The molecule has 1 atom stereocenters. The highest BCUT2D eigenvalue weighted by Gasteiger charge is 2.26. The predicted molar refractivity (Wildman–Crippen MR) is 81.8 cm³/mol. The van der Waals surface area contributed by atoms with Gasteiger partial charge < -0.3 is 9.84 Å². The first-order chi connectivity index (χ1) is 10.5. The van der Waals surface area contributed by atoms with E-state index in [1.807, 2.05) is 6.92 Å². The molecule has 0 radical (unpaired) electrons. The van der Waals surface area contributed by atoms with Gasteiger partial charge in [-0.1, -0.05) is 18.5 Å². The third-order valence-corrected chi connectivity index (χ3v) is 3.77. The SMILES string of the molecule is Cc1cc(C2=NNC(=O)CC2C)c(F)c(Cl)c1OCCCO. The number of benzene rings is 1. The fraction of sp³-hybridized carbons (Fsp3) is 0.467. The Balaban J connectivity index is 2.37. The van der Waals surface area contributed by atoms with Crippen LogP contribution in [0.4, 0.5) is 4.39 Å². The van der Waals surface area contributed by atoms with Crippen molar-refractivity contribution in [2.24, 2.45) is 11.0 Å². The van der Waals surface area contributed by atoms with Crippen LogP contribution in [-0.4, -0.2) is 29.9 Å². The number of nitrogens with one attached hydrogen (secondary N) is 1. The van der Waals surface area contributed by atoms with Crippen molar-refractivity contribution in [1.82, 2.24) is 5.43 Å². The zero-order valence-corrected chi connectivity index (χ0v) is 13.2. The Morgan fingerprint density at radius 1 is 1.59 bits per heavy atom. The first kappa shape index (κ1) is 16.7. The molecule has 1 aliphatic heterocycles. The maximum Gasteiger partial charge on any atom is 0.240 e. The number of carbonyl (C=O) groups excluding carboxylic acids is 1. The molecule has 2 N–H and O–H groups in total. The van der Waals surface area contributed by atoms with Crippen LogP contribution < -0.4 is 10.2 Å². The molecule has 1 aliphatic rings. The molecule has 0 saturated heterocycles. The van der Waals surface area contributed by atoms with Crippen LogP contribution >= 0.6 is 11.6 Å². The standard InChI is InChI=1S/C15H18ClFN2O3/c1-8-7-11(21)18-19-14(8)10-6-9(2)15(12(16)13(10)17)22-5-3-4-20/h6,8,20H,3-5,7H2,1-2H3,(H,18,21). The number of aliphatic hydroxyl groups is 1. The second-order valence-corrected chi connectivity index (χ2v) is 5.64. The molecule has 1 aromatic carbocycles. The maximum absolute atomic E-state index is 14.6. The number of rotatable bonds is 5. The largest absolute Gasteiger partial charge is 0.492 e. The quantitative estimate of drug-likeness (QED) is 0.815. The van der Waals surface area contributed by atoms with Crippen LogP contribution in [0.2, 0.25) is 5.02 Å². The fourth-order valence-electron chi connectivity index (χ4n) is 2.32. The smallest absolute Gasteiger partial charge is 0.240 e. The molecular formula is C15H18ClFN2O3. The number of hydrogen-bond donors (Lipinski definition) is 2. The number of carbonyl (C=O) groups is 1. The molecule has 22 heavy (non-hydrogen) atoms. The molecule has 1 aromatic rings. The van der Waals surface area contributed by atoms with Gasteiger partial charge in [0.05, 0.1) is 12.3 Å². The van der Waals surface area contributed by atoms with E-state index in [2.05, 4.69) is 10.5 Å². The summed E-state index contributed by atoms with van der Waals surface area (Å²) in [7, 11) is 0. The first-order valence-corrected chi connectivity index (χ1v) is 7.42. The molecular weight excluding hydrogens is 311 g/mol. The van der Waals surface area contributed by atoms with Crippen LogP contribution in [0.3, 0.4) is 0 Å². The number of aliphatic hydroxyl groups excluding tert-OH is 1. The molecule has 0 fully saturated rings. The van der Waals surface area contributed by atoms with Gasteiger partial charge >= 0.3 is 0 Å². The Morgan fingerprint density at radius 3 is 2.95 bits per heavy atom.